The van der Waals surface area contributed by atoms with E-state index in [9.17, 15) is 30.3 Å². The molecule has 9 heteroatoms. The highest BCUT2D eigenvalue weighted by Crippen LogP contribution is 2.23. The highest BCUT2D eigenvalue weighted by Gasteiger charge is 2.44. The van der Waals surface area contributed by atoms with Crippen molar-refractivity contribution in [3.8, 4) is 0 Å². The summed E-state index contributed by atoms with van der Waals surface area (Å²) in [6.07, 6.45) is 43.3. The second-order valence-corrected chi connectivity index (χ2v) is 17.2. The molecule has 1 aliphatic rings. The van der Waals surface area contributed by atoms with Gasteiger partial charge in [0.25, 0.3) is 0 Å². The van der Waals surface area contributed by atoms with Gasteiger partial charge in [0.05, 0.1) is 25.4 Å². The molecule has 1 fully saturated rings. The van der Waals surface area contributed by atoms with Gasteiger partial charge in [0, 0.05) is 6.42 Å². The van der Waals surface area contributed by atoms with Gasteiger partial charge in [-0.3, -0.25) is 4.79 Å². The maximum Gasteiger partial charge on any atom is 0.220 e. The SMILES string of the molecule is CCCCCCCCCC/C=C/CC/C=C/CC/C=C/C(O)C(COC1OC(CO)C(O)C(O)C1O)NC(=O)CCCCCCCCCCCCCCCCCCCC. The first-order valence-electron chi connectivity index (χ1n) is 24.7. The number of aliphatic hydroxyl groups excluding tert-OH is 5. The predicted octanol–water partition coefficient (Wildman–Crippen LogP) is 10.8. The van der Waals surface area contributed by atoms with Crippen molar-refractivity contribution in [1.29, 1.82) is 0 Å². The number of carbonyl (C=O) groups is 1. The largest absolute Gasteiger partial charge is 0.394 e. The maximum absolute atomic E-state index is 13.0. The Morgan fingerprint density at radius 1 is 0.559 bits per heavy atom. The normalized spacial score (nSPS) is 21.0. The van der Waals surface area contributed by atoms with Crippen molar-refractivity contribution in [2.75, 3.05) is 13.2 Å². The van der Waals surface area contributed by atoms with Crippen molar-refractivity contribution in [2.45, 2.75) is 262 Å². The second-order valence-electron chi connectivity index (χ2n) is 17.2. The Kier molecular flexibility index (Phi) is 38.0. The van der Waals surface area contributed by atoms with Crippen molar-refractivity contribution < 1.29 is 39.8 Å². The molecule has 1 rings (SSSR count). The first-order valence-corrected chi connectivity index (χ1v) is 24.7. The van der Waals surface area contributed by atoms with Crippen LogP contribution in [0.5, 0.6) is 0 Å². The molecule has 7 atom stereocenters. The molecule has 6 N–H and O–H groups in total. The minimum absolute atomic E-state index is 0.189. The third kappa shape index (κ3) is 31.0. The molecule has 7 unspecified atom stereocenters. The van der Waals surface area contributed by atoms with Gasteiger partial charge >= 0.3 is 0 Å². The van der Waals surface area contributed by atoms with Gasteiger partial charge in [-0.1, -0.05) is 204 Å². The standard InChI is InChI=1S/C50H93NO8/c1-3-5-7-9-11-13-15-17-19-21-23-25-27-29-31-33-35-37-39-44(53)43(42-58-50-49(57)48(56)47(55)45(41-52)59-50)51-46(54)40-38-36-34-32-30-28-26-24-22-20-18-16-14-12-10-8-6-4-2/h21,23,29,31,37,39,43-45,47-50,52-53,55-57H,3-20,22,24-28,30,32-36,38,40-42H2,1-2H3,(H,51,54)/b23-21+,31-29+,39-37+. The van der Waals surface area contributed by atoms with E-state index in [1.54, 1.807) is 6.08 Å². The Hall–Kier alpha value is -1.59. The van der Waals surface area contributed by atoms with Crippen LogP contribution in [0.3, 0.4) is 0 Å². The fraction of sp³-hybridized carbons (Fsp3) is 0.860. The molecule has 9 nitrogen and oxygen atoms in total. The molecule has 1 heterocycles. The van der Waals surface area contributed by atoms with Crippen LogP contribution in [0.15, 0.2) is 36.5 Å². The Labute approximate surface area is 361 Å². The van der Waals surface area contributed by atoms with E-state index >= 15 is 0 Å². The zero-order valence-corrected chi connectivity index (χ0v) is 38.0. The van der Waals surface area contributed by atoms with Crippen LogP contribution in [-0.4, -0.2) is 87.5 Å². The lowest BCUT2D eigenvalue weighted by Crippen LogP contribution is -2.60. The molecule has 0 radical (unpaired) electrons. The van der Waals surface area contributed by atoms with Gasteiger partial charge < -0.3 is 40.3 Å². The second kappa shape index (κ2) is 40.5. The fourth-order valence-corrected chi connectivity index (χ4v) is 7.72. The Morgan fingerprint density at radius 3 is 1.42 bits per heavy atom. The summed E-state index contributed by atoms with van der Waals surface area (Å²) in [7, 11) is 0. The number of hydrogen-bond acceptors (Lipinski definition) is 8. The first-order chi connectivity index (χ1) is 28.8. The van der Waals surface area contributed by atoms with Crippen LogP contribution in [-0.2, 0) is 14.3 Å². The van der Waals surface area contributed by atoms with Crippen molar-refractivity contribution in [3.63, 3.8) is 0 Å². The smallest absolute Gasteiger partial charge is 0.220 e. The van der Waals surface area contributed by atoms with Crippen molar-refractivity contribution in [3.05, 3.63) is 36.5 Å². The van der Waals surface area contributed by atoms with Crippen LogP contribution in [0, 0.1) is 0 Å². The zero-order chi connectivity index (χ0) is 43.0. The molecule has 346 valence electrons. The van der Waals surface area contributed by atoms with Gasteiger partial charge in [-0.25, -0.2) is 0 Å². The Bertz CT molecular complexity index is 1020. The fourth-order valence-electron chi connectivity index (χ4n) is 7.72. The summed E-state index contributed by atoms with van der Waals surface area (Å²) >= 11 is 0. The van der Waals surface area contributed by atoms with Gasteiger partial charge in [0.1, 0.15) is 24.4 Å². The minimum atomic E-state index is -1.57. The molecule has 59 heavy (non-hydrogen) atoms. The Morgan fingerprint density at radius 2 is 0.966 bits per heavy atom. The molecular formula is C50H93NO8. The van der Waals surface area contributed by atoms with E-state index in [0.29, 0.717) is 6.42 Å². The van der Waals surface area contributed by atoms with Crippen LogP contribution < -0.4 is 5.32 Å². The van der Waals surface area contributed by atoms with E-state index in [4.69, 9.17) is 9.47 Å². The van der Waals surface area contributed by atoms with Crippen LogP contribution >= 0.6 is 0 Å². The number of aliphatic hydroxyl groups is 5. The van der Waals surface area contributed by atoms with Crippen LogP contribution in [0.25, 0.3) is 0 Å². The van der Waals surface area contributed by atoms with Gasteiger partial charge in [0.2, 0.25) is 5.91 Å². The minimum Gasteiger partial charge on any atom is -0.394 e. The van der Waals surface area contributed by atoms with Crippen molar-refractivity contribution >= 4 is 5.91 Å². The monoisotopic (exact) mass is 836 g/mol. The highest BCUT2D eigenvalue weighted by molar-refractivity contribution is 5.76. The molecule has 1 amide bonds. The summed E-state index contributed by atoms with van der Waals surface area (Å²) < 4.78 is 11.2. The molecule has 0 spiro atoms. The van der Waals surface area contributed by atoms with E-state index < -0.39 is 49.5 Å². The molecule has 0 aromatic heterocycles. The van der Waals surface area contributed by atoms with Crippen molar-refractivity contribution in [2.24, 2.45) is 0 Å². The van der Waals surface area contributed by atoms with Crippen LogP contribution in [0.4, 0.5) is 0 Å². The molecule has 1 saturated heterocycles. The number of ether oxygens (including phenoxy) is 2. The molecule has 1 aliphatic heterocycles. The summed E-state index contributed by atoms with van der Waals surface area (Å²) in [6, 6.07) is -0.824. The number of rotatable bonds is 41. The molecule has 0 aromatic rings. The van der Waals surface area contributed by atoms with Crippen LogP contribution in [0.2, 0.25) is 0 Å². The predicted molar refractivity (Wildman–Crippen MR) is 244 cm³/mol. The number of nitrogens with one attached hydrogen (secondary N) is 1. The van der Waals surface area contributed by atoms with E-state index in [2.05, 4.69) is 43.5 Å². The summed E-state index contributed by atoms with van der Waals surface area (Å²) in [5, 5.41) is 54.2. The molecule has 0 bridgehead atoms. The number of allylic oxidation sites excluding steroid dienone is 5. The lowest BCUT2D eigenvalue weighted by molar-refractivity contribution is -0.302. The zero-order valence-electron chi connectivity index (χ0n) is 38.0. The molecule has 0 aliphatic carbocycles. The summed E-state index contributed by atoms with van der Waals surface area (Å²) in [4.78, 5) is 13.0. The third-order valence-electron chi connectivity index (χ3n) is 11.7. The summed E-state index contributed by atoms with van der Waals surface area (Å²) in [5.74, 6) is -0.189. The number of amides is 1. The van der Waals surface area contributed by atoms with Gasteiger partial charge in [-0.05, 0) is 44.9 Å². The molecular weight excluding hydrogens is 743 g/mol. The topological polar surface area (TPSA) is 149 Å². The molecule has 0 aromatic carbocycles. The van der Waals surface area contributed by atoms with E-state index in [1.165, 1.54) is 154 Å². The van der Waals surface area contributed by atoms with E-state index in [0.717, 1.165) is 44.9 Å². The average molecular weight is 836 g/mol. The van der Waals surface area contributed by atoms with E-state index in [1.807, 2.05) is 6.08 Å². The average Bonchev–Trinajstić information content (AvgIpc) is 3.23. The number of hydrogen-bond donors (Lipinski definition) is 6. The Balaban J connectivity index is 2.35. The lowest BCUT2D eigenvalue weighted by Gasteiger charge is -2.40. The summed E-state index contributed by atoms with van der Waals surface area (Å²) in [5.41, 5.74) is 0. The lowest BCUT2D eigenvalue weighted by atomic mass is 9.99. The number of unbranched alkanes of at least 4 members (excludes halogenated alkanes) is 27. The summed E-state index contributed by atoms with van der Waals surface area (Å²) in [6.45, 7) is 3.76. The van der Waals surface area contributed by atoms with E-state index in [-0.39, 0.29) is 12.5 Å². The highest BCUT2D eigenvalue weighted by atomic mass is 16.7. The van der Waals surface area contributed by atoms with Gasteiger partial charge in [0.15, 0.2) is 6.29 Å². The van der Waals surface area contributed by atoms with Crippen LogP contribution in [0.1, 0.15) is 219 Å². The molecule has 0 saturated carbocycles. The number of carbonyl (C=O) groups excluding carboxylic acids is 1. The van der Waals surface area contributed by atoms with Gasteiger partial charge in [-0.15, -0.1) is 0 Å². The van der Waals surface area contributed by atoms with Crippen molar-refractivity contribution in [1.82, 2.24) is 5.32 Å². The first kappa shape index (κ1) is 55.4. The van der Waals surface area contributed by atoms with Gasteiger partial charge in [-0.2, -0.15) is 0 Å². The quantitative estimate of drug-likeness (QED) is 0.0263. The third-order valence-corrected chi connectivity index (χ3v) is 11.7. The maximum atomic E-state index is 13.0.